The molecule has 0 aliphatic carbocycles. The van der Waals surface area contributed by atoms with Crippen LogP contribution >= 0.6 is 0 Å². The summed E-state index contributed by atoms with van der Waals surface area (Å²) in [5, 5.41) is 12.2. The lowest BCUT2D eigenvalue weighted by Crippen LogP contribution is -2.25. The number of aromatic amines is 1. The number of aromatic nitrogens is 2. The quantitative estimate of drug-likeness (QED) is 0.470. The molecule has 0 saturated heterocycles. The zero-order chi connectivity index (χ0) is 13.0. The largest absolute Gasteiger partial charge is 0.506 e. The van der Waals surface area contributed by atoms with E-state index in [1.54, 1.807) is 18.6 Å². The van der Waals surface area contributed by atoms with Crippen LogP contribution in [0.2, 0.25) is 0 Å². The molecule has 0 unspecified atom stereocenters. The Morgan fingerprint density at radius 2 is 2.33 bits per heavy atom. The molecule has 0 fully saturated rings. The first kappa shape index (κ1) is 12.0. The number of benzene rings is 1. The van der Waals surface area contributed by atoms with Crippen LogP contribution < -0.4 is 11.1 Å². The number of rotatable bonds is 4. The molecule has 0 aliphatic heterocycles. The molecular weight excluding hydrogens is 232 g/mol. The number of anilines is 1. The molecule has 2 rings (SSSR count). The zero-order valence-corrected chi connectivity index (χ0v) is 9.68. The predicted octanol–water partition coefficient (Wildman–Crippen LogP) is 0.670. The highest BCUT2D eigenvalue weighted by atomic mass is 16.3. The van der Waals surface area contributed by atoms with Crippen molar-refractivity contribution in [3.63, 3.8) is 0 Å². The Morgan fingerprint density at radius 3 is 3.00 bits per heavy atom. The number of carbonyl (C=O) groups is 1. The van der Waals surface area contributed by atoms with E-state index in [9.17, 15) is 9.90 Å². The Balaban J connectivity index is 1.89. The third-order valence-electron chi connectivity index (χ3n) is 2.53. The van der Waals surface area contributed by atoms with Gasteiger partial charge in [-0.25, -0.2) is 4.98 Å². The first-order valence-corrected chi connectivity index (χ1v) is 5.51. The average molecular weight is 246 g/mol. The Kier molecular flexibility index (Phi) is 3.47. The normalized spacial score (nSPS) is 10.2. The number of nitrogens with zero attached hydrogens (tertiary/aromatic N) is 1. The lowest BCUT2D eigenvalue weighted by molar-refractivity contribution is 0.0953. The summed E-state index contributed by atoms with van der Waals surface area (Å²) in [6.07, 6.45) is 3.98. The molecular formula is C12H14N4O2. The Labute approximate surface area is 104 Å². The maximum Gasteiger partial charge on any atom is 0.251 e. The van der Waals surface area contributed by atoms with Gasteiger partial charge in [-0.2, -0.15) is 0 Å². The van der Waals surface area contributed by atoms with E-state index in [0.717, 1.165) is 5.69 Å². The van der Waals surface area contributed by atoms with Gasteiger partial charge >= 0.3 is 0 Å². The van der Waals surface area contributed by atoms with Crippen LogP contribution in [0.15, 0.2) is 30.7 Å². The maximum atomic E-state index is 11.7. The Hall–Kier alpha value is -2.50. The summed E-state index contributed by atoms with van der Waals surface area (Å²) in [7, 11) is 0. The SMILES string of the molecule is Nc1ccc(C(=O)NCCc2cnc[nH]2)cc1O. The van der Waals surface area contributed by atoms with E-state index in [2.05, 4.69) is 15.3 Å². The maximum absolute atomic E-state index is 11.7. The summed E-state index contributed by atoms with van der Waals surface area (Å²) in [5.41, 5.74) is 7.05. The second-order valence-corrected chi connectivity index (χ2v) is 3.86. The van der Waals surface area contributed by atoms with Gasteiger partial charge in [0.1, 0.15) is 5.75 Å². The Bertz CT molecular complexity index is 537. The van der Waals surface area contributed by atoms with E-state index >= 15 is 0 Å². The summed E-state index contributed by atoms with van der Waals surface area (Å²) < 4.78 is 0. The van der Waals surface area contributed by atoms with Crippen molar-refractivity contribution >= 4 is 11.6 Å². The molecule has 2 aromatic rings. The van der Waals surface area contributed by atoms with Gasteiger partial charge in [0, 0.05) is 30.4 Å². The molecule has 6 heteroatoms. The van der Waals surface area contributed by atoms with Crippen molar-refractivity contribution in [3.8, 4) is 5.75 Å². The minimum absolute atomic E-state index is 0.0868. The molecule has 0 aliphatic rings. The molecule has 1 amide bonds. The van der Waals surface area contributed by atoms with E-state index in [0.29, 0.717) is 18.5 Å². The number of carbonyl (C=O) groups excluding carboxylic acids is 1. The molecule has 0 atom stereocenters. The zero-order valence-electron chi connectivity index (χ0n) is 9.68. The van der Waals surface area contributed by atoms with Crippen molar-refractivity contribution in [2.45, 2.75) is 6.42 Å². The monoisotopic (exact) mass is 246 g/mol. The molecule has 0 spiro atoms. The molecule has 0 radical (unpaired) electrons. The van der Waals surface area contributed by atoms with Gasteiger partial charge in [0.2, 0.25) is 0 Å². The average Bonchev–Trinajstić information content (AvgIpc) is 2.85. The number of phenolic OH excluding ortho intramolecular Hbond substituents is 1. The highest BCUT2D eigenvalue weighted by Gasteiger charge is 2.07. The number of hydrogen-bond donors (Lipinski definition) is 4. The molecule has 6 nitrogen and oxygen atoms in total. The van der Waals surface area contributed by atoms with Crippen molar-refractivity contribution in [1.29, 1.82) is 0 Å². The first-order valence-electron chi connectivity index (χ1n) is 5.51. The third kappa shape index (κ3) is 2.79. The lowest BCUT2D eigenvalue weighted by Gasteiger charge is -2.05. The van der Waals surface area contributed by atoms with Crippen LogP contribution in [0.25, 0.3) is 0 Å². The summed E-state index contributed by atoms with van der Waals surface area (Å²) in [6.45, 7) is 0.492. The summed E-state index contributed by atoms with van der Waals surface area (Å²) in [6, 6.07) is 4.42. The van der Waals surface area contributed by atoms with Crippen LogP contribution in [0.4, 0.5) is 5.69 Å². The van der Waals surface area contributed by atoms with Crippen molar-refractivity contribution in [1.82, 2.24) is 15.3 Å². The van der Waals surface area contributed by atoms with Crippen LogP contribution in [0.3, 0.4) is 0 Å². The highest BCUT2D eigenvalue weighted by Crippen LogP contribution is 2.20. The van der Waals surface area contributed by atoms with E-state index in [1.807, 2.05) is 0 Å². The minimum atomic E-state index is -0.246. The fourth-order valence-electron chi connectivity index (χ4n) is 1.52. The predicted molar refractivity (Wildman–Crippen MR) is 67.1 cm³/mol. The molecule has 94 valence electrons. The summed E-state index contributed by atoms with van der Waals surface area (Å²) in [4.78, 5) is 18.6. The van der Waals surface area contributed by atoms with Gasteiger partial charge in [0.05, 0.1) is 12.0 Å². The van der Waals surface area contributed by atoms with Gasteiger partial charge in [0.25, 0.3) is 5.91 Å². The molecule has 1 aromatic carbocycles. The third-order valence-corrected chi connectivity index (χ3v) is 2.53. The number of aromatic hydroxyl groups is 1. The van der Waals surface area contributed by atoms with Gasteiger partial charge in [0.15, 0.2) is 0 Å². The highest BCUT2D eigenvalue weighted by molar-refractivity contribution is 5.95. The number of phenols is 1. The summed E-state index contributed by atoms with van der Waals surface area (Å²) in [5.74, 6) is -0.332. The number of nitrogen functional groups attached to an aromatic ring is 1. The van der Waals surface area contributed by atoms with E-state index in [-0.39, 0.29) is 17.3 Å². The van der Waals surface area contributed by atoms with Gasteiger partial charge in [-0.15, -0.1) is 0 Å². The number of amides is 1. The first-order chi connectivity index (χ1) is 8.66. The fraction of sp³-hybridized carbons (Fsp3) is 0.167. The standard InChI is InChI=1S/C12H14N4O2/c13-10-2-1-8(5-11(10)17)12(18)15-4-3-9-6-14-7-16-9/h1-2,5-7,17H,3-4,13H2,(H,14,16)(H,15,18). The van der Waals surface area contributed by atoms with Gasteiger partial charge in [-0.1, -0.05) is 0 Å². The fourth-order valence-corrected chi connectivity index (χ4v) is 1.52. The molecule has 1 aromatic heterocycles. The van der Waals surface area contributed by atoms with Gasteiger partial charge in [-0.05, 0) is 18.2 Å². The van der Waals surface area contributed by atoms with Crippen LogP contribution in [0.5, 0.6) is 5.75 Å². The van der Waals surface area contributed by atoms with Crippen LogP contribution in [0, 0.1) is 0 Å². The number of H-pyrrole nitrogens is 1. The van der Waals surface area contributed by atoms with E-state index in [1.165, 1.54) is 12.1 Å². The van der Waals surface area contributed by atoms with Crippen molar-refractivity contribution in [3.05, 3.63) is 42.0 Å². The summed E-state index contributed by atoms with van der Waals surface area (Å²) >= 11 is 0. The lowest BCUT2D eigenvalue weighted by atomic mass is 10.2. The molecule has 0 bridgehead atoms. The van der Waals surface area contributed by atoms with Crippen LogP contribution in [0.1, 0.15) is 16.1 Å². The Morgan fingerprint density at radius 1 is 1.50 bits per heavy atom. The molecule has 5 N–H and O–H groups in total. The number of nitrogens with two attached hydrogens (primary N) is 1. The van der Waals surface area contributed by atoms with Crippen LogP contribution in [-0.4, -0.2) is 27.5 Å². The van der Waals surface area contributed by atoms with E-state index < -0.39 is 0 Å². The number of nitrogens with one attached hydrogen (secondary N) is 2. The van der Waals surface area contributed by atoms with Crippen molar-refractivity contribution < 1.29 is 9.90 Å². The molecule has 1 heterocycles. The van der Waals surface area contributed by atoms with Gasteiger partial charge < -0.3 is 21.1 Å². The van der Waals surface area contributed by atoms with Crippen LogP contribution in [-0.2, 0) is 6.42 Å². The minimum Gasteiger partial charge on any atom is -0.506 e. The van der Waals surface area contributed by atoms with Gasteiger partial charge in [-0.3, -0.25) is 4.79 Å². The topological polar surface area (TPSA) is 104 Å². The molecule has 18 heavy (non-hydrogen) atoms. The smallest absolute Gasteiger partial charge is 0.251 e. The van der Waals surface area contributed by atoms with E-state index in [4.69, 9.17) is 5.73 Å². The second-order valence-electron chi connectivity index (χ2n) is 3.86. The number of imidazole rings is 1. The second kappa shape index (κ2) is 5.22. The van der Waals surface area contributed by atoms with Crippen molar-refractivity contribution in [2.24, 2.45) is 0 Å². The van der Waals surface area contributed by atoms with Crippen molar-refractivity contribution in [2.75, 3.05) is 12.3 Å². The number of hydrogen-bond acceptors (Lipinski definition) is 4. The molecule has 0 saturated carbocycles.